The van der Waals surface area contributed by atoms with Gasteiger partial charge in [0.05, 0.1) is 28.7 Å². The summed E-state index contributed by atoms with van der Waals surface area (Å²) >= 11 is 1.55. The monoisotopic (exact) mass is 565 g/mol. The molecule has 0 aliphatic carbocycles. The number of carbonyl (C=O) groups excluding carboxylic acids is 3. The molecule has 0 radical (unpaired) electrons. The Balaban J connectivity index is 1.41. The first-order chi connectivity index (χ1) is 19.4. The minimum absolute atomic E-state index is 0.00713. The van der Waals surface area contributed by atoms with E-state index in [1.165, 1.54) is 0 Å². The summed E-state index contributed by atoms with van der Waals surface area (Å²) in [5, 5.41) is 17.9. The number of hydrogen-bond donors (Lipinski definition) is 1. The number of likely N-dealkylation sites (tertiary alicyclic amines) is 1. The number of aliphatic hydroxyl groups is 1. The molecule has 11 heteroatoms. The summed E-state index contributed by atoms with van der Waals surface area (Å²) in [5.41, 5.74) is 1.56. The Bertz CT molecular complexity index is 1380. The zero-order valence-electron chi connectivity index (χ0n) is 22.6. The van der Waals surface area contributed by atoms with E-state index in [-0.39, 0.29) is 31.1 Å². The molecule has 1 aromatic carbocycles. The molecule has 40 heavy (non-hydrogen) atoms. The molecule has 5 heterocycles. The second-order valence-electron chi connectivity index (χ2n) is 11.2. The summed E-state index contributed by atoms with van der Waals surface area (Å²) in [7, 11) is 0. The first-order valence-electron chi connectivity index (χ1n) is 14.1. The van der Waals surface area contributed by atoms with Crippen molar-refractivity contribution < 1.29 is 24.2 Å². The van der Waals surface area contributed by atoms with E-state index in [4.69, 9.17) is 4.74 Å². The number of cyclic esters (lactones) is 1. The number of benzene rings is 1. The van der Waals surface area contributed by atoms with Gasteiger partial charge in [0.2, 0.25) is 11.8 Å². The number of allylic oxidation sites excluding steroid dienone is 1. The molecule has 1 spiro atoms. The summed E-state index contributed by atoms with van der Waals surface area (Å²) in [5.74, 6) is -2.19. The Labute approximate surface area is 237 Å². The summed E-state index contributed by atoms with van der Waals surface area (Å²) in [6.45, 7) is 3.20. The van der Waals surface area contributed by atoms with Gasteiger partial charge in [-0.05, 0) is 51.2 Å². The van der Waals surface area contributed by atoms with Crippen molar-refractivity contribution in [3.8, 4) is 0 Å². The maximum absolute atomic E-state index is 14.5. The third-order valence-corrected chi connectivity index (χ3v) is 10.4. The van der Waals surface area contributed by atoms with E-state index in [0.717, 1.165) is 30.3 Å². The summed E-state index contributed by atoms with van der Waals surface area (Å²) < 4.78 is 5.80. The van der Waals surface area contributed by atoms with Crippen LogP contribution >= 0.6 is 11.8 Å². The van der Waals surface area contributed by atoms with Gasteiger partial charge in [-0.15, -0.1) is 16.9 Å². The lowest BCUT2D eigenvalue weighted by Crippen LogP contribution is -2.53. The van der Waals surface area contributed by atoms with Gasteiger partial charge in [0.15, 0.2) is 0 Å². The van der Waals surface area contributed by atoms with E-state index in [2.05, 4.69) is 22.5 Å². The standard InChI is InChI=1S/C29H35N5O5S/c1-28-13-6-2-3-9-18-39-27(38)23(28)22-25(36)33(16-7-8-17-35)24-26(37)32(15-10-14-29(22,24)40-28)19-34-21-12-5-4-11-20(21)30-31-34/h4-6,10-14,22-24,35H,2-3,7-9,15-19H2,1H3/b13-6-/t22-,23+,24?,28-,29-/m0/s1. The second kappa shape index (κ2) is 10.7. The Hall–Kier alpha value is -3.18. The molecule has 1 unspecified atom stereocenters. The van der Waals surface area contributed by atoms with E-state index in [0.29, 0.717) is 32.5 Å². The van der Waals surface area contributed by atoms with Crippen molar-refractivity contribution in [1.82, 2.24) is 24.8 Å². The summed E-state index contributed by atoms with van der Waals surface area (Å²) in [4.78, 5) is 45.7. The van der Waals surface area contributed by atoms with Crippen LogP contribution in [0.2, 0.25) is 0 Å². The highest BCUT2D eigenvalue weighted by Gasteiger charge is 2.73. The van der Waals surface area contributed by atoms with E-state index >= 15 is 0 Å². The Morgan fingerprint density at radius 2 is 1.93 bits per heavy atom. The lowest BCUT2D eigenvalue weighted by atomic mass is 9.74. The van der Waals surface area contributed by atoms with E-state index in [9.17, 15) is 19.5 Å². The van der Waals surface area contributed by atoms with Crippen molar-refractivity contribution in [2.24, 2.45) is 11.8 Å². The van der Waals surface area contributed by atoms with Crippen molar-refractivity contribution in [2.75, 3.05) is 26.3 Å². The summed E-state index contributed by atoms with van der Waals surface area (Å²) in [6, 6.07) is 6.80. The zero-order chi connectivity index (χ0) is 27.9. The minimum atomic E-state index is -0.927. The van der Waals surface area contributed by atoms with Gasteiger partial charge in [-0.25, -0.2) is 4.68 Å². The molecule has 6 rings (SSSR count). The molecule has 0 bridgehead atoms. The molecule has 212 valence electrons. The fraction of sp³-hybridized carbons (Fsp3) is 0.552. The van der Waals surface area contributed by atoms with Gasteiger partial charge in [0, 0.05) is 24.4 Å². The number of para-hydroxylation sites is 1. The van der Waals surface area contributed by atoms with Crippen molar-refractivity contribution in [2.45, 2.75) is 61.2 Å². The fourth-order valence-corrected chi connectivity index (χ4v) is 8.94. The van der Waals surface area contributed by atoms with Crippen LogP contribution < -0.4 is 0 Å². The lowest BCUT2D eigenvalue weighted by molar-refractivity contribution is -0.154. The second-order valence-corrected chi connectivity index (χ2v) is 13.0. The van der Waals surface area contributed by atoms with E-state index < -0.39 is 27.4 Å². The van der Waals surface area contributed by atoms with Crippen molar-refractivity contribution >= 4 is 40.6 Å². The van der Waals surface area contributed by atoms with Crippen LogP contribution in [0.15, 0.2) is 48.6 Å². The number of hydrogen-bond acceptors (Lipinski definition) is 8. The molecule has 1 aromatic heterocycles. The van der Waals surface area contributed by atoms with Gasteiger partial charge >= 0.3 is 5.97 Å². The lowest BCUT2D eigenvalue weighted by Gasteiger charge is -2.37. The van der Waals surface area contributed by atoms with Gasteiger partial charge in [-0.1, -0.05) is 41.7 Å². The Kier molecular flexibility index (Phi) is 7.20. The van der Waals surface area contributed by atoms with Gasteiger partial charge in [0.25, 0.3) is 0 Å². The predicted molar refractivity (Wildman–Crippen MR) is 150 cm³/mol. The number of nitrogens with zero attached hydrogens (tertiary/aromatic N) is 5. The van der Waals surface area contributed by atoms with Crippen molar-refractivity contribution in [3.05, 3.63) is 48.6 Å². The predicted octanol–water partition coefficient (Wildman–Crippen LogP) is 2.53. The number of amides is 2. The maximum Gasteiger partial charge on any atom is 0.311 e. The number of carbonyl (C=O) groups is 3. The van der Waals surface area contributed by atoms with Crippen LogP contribution in [-0.4, -0.2) is 89.5 Å². The highest BCUT2D eigenvalue weighted by molar-refractivity contribution is 8.02. The Morgan fingerprint density at radius 1 is 1.07 bits per heavy atom. The number of aliphatic hydroxyl groups excluding tert-OH is 1. The molecule has 2 aromatic rings. The largest absolute Gasteiger partial charge is 0.465 e. The van der Waals surface area contributed by atoms with E-state index in [1.807, 2.05) is 43.3 Å². The van der Waals surface area contributed by atoms with Gasteiger partial charge in [-0.3, -0.25) is 14.4 Å². The van der Waals surface area contributed by atoms with Crippen LogP contribution in [0.1, 0.15) is 39.0 Å². The third-order valence-electron chi connectivity index (χ3n) is 8.62. The van der Waals surface area contributed by atoms with Crippen LogP contribution in [0.5, 0.6) is 0 Å². The number of ether oxygens (including phenoxy) is 1. The van der Waals surface area contributed by atoms with Gasteiger partial charge in [-0.2, -0.15) is 0 Å². The quantitative estimate of drug-likeness (QED) is 0.323. The average molecular weight is 566 g/mol. The first-order valence-corrected chi connectivity index (χ1v) is 14.9. The number of aromatic nitrogens is 3. The highest BCUT2D eigenvalue weighted by Crippen LogP contribution is 2.65. The third kappa shape index (κ3) is 4.34. The molecule has 1 N–H and O–H groups in total. The number of rotatable bonds is 6. The molecule has 5 atom stereocenters. The molecule has 2 amide bonds. The minimum Gasteiger partial charge on any atom is -0.465 e. The number of esters is 1. The number of thioether (sulfide) groups is 1. The van der Waals surface area contributed by atoms with E-state index in [1.54, 1.807) is 26.2 Å². The molecule has 0 saturated carbocycles. The number of unbranched alkanes of at least 4 members (excludes halogenated alkanes) is 1. The van der Waals surface area contributed by atoms with Crippen LogP contribution in [0.4, 0.5) is 0 Å². The summed E-state index contributed by atoms with van der Waals surface area (Å²) in [6.07, 6.45) is 11.8. The molecular formula is C29H35N5O5S. The smallest absolute Gasteiger partial charge is 0.311 e. The molecule has 4 aliphatic heterocycles. The first kappa shape index (κ1) is 27.0. The van der Waals surface area contributed by atoms with Crippen LogP contribution in [0, 0.1) is 11.8 Å². The molecular weight excluding hydrogens is 530 g/mol. The van der Waals surface area contributed by atoms with Crippen molar-refractivity contribution in [3.63, 3.8) is 0 Å². The molecule has 10 nitrogen and oxygen atoms in total. The van der Waals surface area contributed by atoms with Crippen LogP contribution in [0.25, 0.3) is 11.0 Å². The average Bonchev–Trinajstić information content (AvgIpc) is 3.50. The maximum atomic E-state index is 14.5. The topological polar surface area (TPSA) is 118 Å². The SMILES string of the molecule is C[C@]12/C=C\CCCCOC(=O)[C@H]1[C@H]1C(=O)N(CCCCO)C3C(=O)N(Cn4nnc5ccccc54)CC=C[C@@]31S2. The zero-order valence-corrected chi connectivity index (χ0v) is 23.5. The normalized spacial score (nSPS) is 33.0. The van der Waals surface area contributed by atoms with Gasteiger partial charge in [0.1, 0.15) is 18.2 Å². The fourth-order valence-electron chi connectivity index (χ4n) is 6.79. The molecule has 4 aliphatic rings. The van der Waals surface area contributed by atoms with Crippen LogP contribution in [0.3, 0.4) is 0 Å². The molecule has 2 fully saturated rings. The highest BCUT2D eigenvalue weighted by atomic mass is 32.2. The van der Waals surface area contributed by atoms with Crippen LogP contribution in [-0.2, 0) is 25.8 Å². The Morgan fingerprint density at radius 3 is 2.77 bits per heavy atom. The van der Waals surface area contributed by atoms with Crippen molar-refractivity contribution in [1.29, 1.82) is 0 Å². The van der Waals surface area contributed by atoms with Gasteiger partial charge < -0.3 is 19.6 Å². The molecule has 2 saturated heterocycles. The number of fused-ring (bicyclic) bond motifs is 3.